The molecule has 0 aliphatic carbocycles. The van der Waals surface area contributed by atoms with Gasteiger partial charge in [0.25, 0.3) is 11.8 Å². The van der Waals surface area contributed by atoms with Crippen molar-refractivity contribution in [1.29, 1.82) is 0 Å². The Morgan fingerprint density at radius 1 is 0.900 bits per heavy atom. The number of carbonyl (C=O) groups excluding carboxylic acids is 2. The third-order valence-corrected chi connectivity index (χ3v) is 4.51. The summed E-state index contributed by atoms with van der Waals surface area (Å²) in [5, 5.41) is 5.54. The number of ether oxygens (including phenoxy) is 2. The average Bonchev–Trinajstić information content (AvgIpc) is 3.22. The third kappa shape index (κ3) is 4.50. The van der Waals surface area contributed by atoms with E-state index in [9.17, 15) is 9.59 Å². The summed E-state index contributed by atoms with van der Waals surface area (Å²) >= 11 is 0. The molecule has 0 atom stereocenters. The smallest absolute Gasteiger partial charge is 0.272 e. The first-order chi connectivity index (χ1) is 14.6. The Hall–Kier alpha value is -4.06. The Kier molecular flexibility index (Phi) is 5.48. The predicted octanol–water partition coefficient (Wildman–Crippen LogP) is 4.13. The van der Waals surface area contributed by atoms with Crippen LogP contribution in [0.4, 0.5) is 5.69 Å². The monoisotopic (exact) mass is 400 g/mol. The molecule has 1 aliphatic rings. The highest BCUT2D eigenvalue weighted by Crippen LogP contribution is 2.33. The van der Waals surface area contributed by atoms with Crippen LogP contribution in [0.15, 0.2) is 78.5 Å². The molecule has 150 valence electrons. The van der Waals surface area contributed by atoms with Gasteiger partial charge in [0, 0.05) is 11.3 Å². The van der Waals surface area contributed by atoms with Crippen molar-refractivity contribution in [3.63, 3.8) is 0 Å². The number of anilines is 1. The summed E-state index contributed by atoms with van der Waals surface area (Å²) in [6.07, 6.45) is 1.61. The van der Waals surface area contributed by atoms with E-state index in [4.69, 9.17) is 9.47 Å². The van der Waals surface area contributed by atoms with Crippen LogP contribution in [0, 0.1) is 6.92 Å². The second-order valence-electron chi connectivity index (χ2n) is 6.81. The van der Waals surface area contributed by atoms with Crippen molar-refractivity contribution in [2.75, 3.05) is 12.1 Å². The number of amides is 2. The summed E-state index contributed by atoms with van der Waals surface area (Å²) in [5.74, 6) is 0.441. The number of hydrogen-bond donors (Lipinski definition) is 2. The van der Waals surface area contributed by atoms with Gasteiger partial charge in [0.2, 0.25) is 6.79 Å². The van der Waals surface area contributed by atoms with Crippen molar-refractivity contribution < 1.29 is 19.1 Å². The quantitative estimate of drug-likeness (QED) is 0.632. The molecule has 3 aromatic rings. The first-order valence-corrected chi connectivity index (χ1v) is 9.44. The molecule has 0 spiro atoms. The molecule has 0 bridgehead atoms. The number of carbonyl (C=O) groups is 2. The van der Waals surface area contributed by atoms with Gasteiger partial charge in [-0.2, -0.15) is 0 Å². The van der Waals surface area contributed by atoms with Gasteiger partial charge in [-0.3, -0.25) is 9.59 Å². The van der Waals surface area contributed by atoms with E-state index >= 15 is 0 Å². The van der Waals surface area contributed by atoms with E-state index in [2.05, 4.69) is 10.6 Å². The van der Waals surface area contributed by atoms with Crippen molar-refractivity contribution in [2.24, 2.45) is 0 Å². The van der Waals surface area contributed by atoms with E-state index in [-0.39, 0.29) is 18.4 Å². The van der Waals surface area contributed by atoms with Crippen molar-refractivity contribution in [3.8, 4) is 11.5 Å². The molecular formula is C24H20N2O4. The molecule has 0 saturated heterocycles. The largest absolute Gasteiger partial charge is 0.454 e. The fourth-order valence-electron chi connectivity index (χ4n) is 3.03. The lowest BCUT2D eigenvalue weighted by Gasteiger charge is -2.12. The van der Waals surface area contributed by atoms with Gasteiger partial charge in [-0.25, -0.2) is 0 Å². The minimum Gasteiger partial charge on any atom is -0.454 e. The van der Waals surface area contributed by atoms with E-state index in [0.29, 0.717) is 28.3 Å². The maximum absolute atomic E-state index is 12.9. The van der Waals surface area contributed by atoms with Crippen LogP contribution in [0.3, 0.4) is 0 Å². The zero-order valence-corrected chi connectivity index (χ0v) is 16.3. The lowest BCUT2D eigenvalue weighted by Crippen LogP contribution is -2.30. The van der Waals surface area contributed by atoms with Gasteiger partial charge in [0.05, 0.1) is 0 Å². The van der Waals surface area contributed by atoms with Gasteiger partial charge in [-0.1, -0.05) is 42.0 Å². The number of hydrogen-bond acceptors (Lipinski definition) is 4. The van der Waals surface area contributed by atoms with Gasteiger partial charge in [0.15, 0.2) is 11.5 Å². The number of fused-ring (bicyclic) bond motifs is 1. The van der Waals surface area contributed by atoms with E-state index in [1.54, 1.807) is 54.6 Å². The number of nitrogens with one attached hydrogen (secondary N) is 2. The van der Waals surface area contributed by atoms with Crippen molar-refractivity contribution in [2.45, 2.75) is 6.92 Å². The Labute approximate surface area is 174 Å². The molecule has 0 radical (unpaired) electrons. The van der Waals surface area contributed by atoms with Crippen molar-refractivity contribution in [1.82, 2.24) is 5.32 Å². The van der Waals surface area contributed by atoms with E-state index in [0.717, 1.165) is 5.56 Å². The lowest BCUT2D eigenvalue weighted by molar-refractivity contribution is -0.113. The molecule has 0 fully saturated rings. The second kappa shape index (κ2) is 8.53. The SMILES string of the molecule is Cc1cccc(C(=O)NC(=Cc2ccc3c(c2)OCO3)C(=O)Nc2ccccc2)c1. The standard InChI is InChI=1S/C24H20N2O4/c1-16-6-5-7-18(12-16)23(27)26-20(24(28)25-19-8-3-2-4-9-19)13-17-10-11-21-22(14-17)30-15-29-21/h2-14H,15H2,1H3,(H,25,28)(H,26,27). The zero-order valence-electron chi connectivity index (χ0n) is 16.3. The molecule has 0 unspecified atom stereocenters. The van der Waals surface area contributed by atoms with Crippen LogP contribution in [0.5, 0.6) is 11.5 Å². The fraction of sp³-hybridized carbons (Fsp3) is 0.0833. The molecule has 2 amide bonds. The maximum atomic E-state index is 12.9. The van der Waals surface area contributed by atoms with Crippen LogP contribution >= 0.6 is 0 Å². The second-order valence-corrected chi connectivity index (χ2v) is 6.81. The number of benzene rings is 3. The predicted molar refractivity (Wildman–Crippen MR) is 114 cm³/mol. The van der Waals surface area contributed by atoms with Gasteiger partial charge in [-0.05, 0) is 55.0 Å². The lowest BCUT2D eigenvalue weighted by atomic mass is 10.1. The molecular weight excluding hydrogens is 380 g/mol. The summed E-state index contributed by atoms with van der Waals surface area (Å²) in [5.41, 5.74) is 2.87. The summed E-state index contributed by atoms with van der Waals surface area (Å²) in [4.78, 5) is 25.7. The summed E-state index contributed by atoms with van der Waals surface area (Å²) < 4.78 is 10.7. The molecule has 0 aromatic heterocycles. The average molecular weight is 400 g/mol. The Bertz CT molecular complexity index is 1120. The molecule has 30 heavy (non-hydrogen) atoms. The van der Waals surface area contributed by atoms with Crippen LogP contribution in [-0.4, -0.2) is 18.6 Å². The summed E-state index contributed by atoms with van der Waals surface area (Å²) in [6, 6.07) is 21.6. The fourth-order valence-corrected chi connectivity index (χ4v) is 3.03. The number of para-hydroxylation sites is 1. The number of rotatable bonds is 5. The van der Waals surface area contributed by atoms with E-state index in [1.807, 2.05) is 31.2 Å². The molecule has 6 nitrogen and oxygen atoms in total. The molecule has 6 heteroatoms. The summed E-state index contributed by atoms with van der Waals surface area (Å²) in [7, 11) is 0. The van der Waals surface area contributed by atoms with Crippen LogP contribution in [0.25, 0.3) is 6.08 Å². The van der Waals surface area contributed by atoms with Crippen LogP contribution in [0.2, 0.25) is 0 Å². The molecule has 4 rings (SSSR count). The molecule has 1 aliphatic heterocycles. The molecule has 0 saturated carbocycles. The van der Waals surface area contributed by atoms with Crippen LogP contribution < -0.4 is 20.1 Å². The van der Waals surface area contributed by atoms with E-state index < -0.39 is 5.91 Å². The molecule has 2 N–H and O–H groups in total. The van der Waals surface area contributed by atoms with E-state index in [1.165, 1.54) is 0 Å². The van der Waals surface area contributed by atoms with Crippen LogP contribution in [-0.2, 0) is 4.79 Å². The molecule has 3 aromatic carbocycles. The third-order valence-electron chi connectivity index (χ3n) is 4.51. The Morgan fingerprint density at radius 2 is 1.70 bits per heavy atom. The number of aryl methyl sites for hydroxylation is 1. The van der Waals surface area contributed by atoms with Gasteiger partial charge >= 0.3 is 0 Å². The maximum Gasteiger partial charge on any atom is 0.272 e. The first kappa shape index (κ1) is 19.3. The van der Waals surface area contributed by atoms with Gasteiger partial charge in [0.1, 0.15) is 5.70 Å². The highest BCUT2D eigenvalue weighted by atomic mass is 16.7. The minimum atomic E-state index is -0.431. The van der Waals surface area contributed by atoms with Crippen molar-refractivity contribution in [3.05, 3.63) is 95.2 Å². The Balaban J connectivity index is 1.63. The van der Waals surface area contributed by atoms with Gasteiger partial charge in [-0.15, -0.1) is 0 Å². The highest BCUT2D eigenvalue weighted by Gasteiger charge is 2.17. The minimum absolute atomic E-state index is 0.115. The highest BCUT2D eigenvalue weighted by molar-refractivity contribution is 6.10. The van der Waals surface area contributed by atoms with Gasteiger partial charge < -0.3 is 20.1 Å². The zero-order chi connectivity index (χ0) is 20.9. The van der Waals surface area contributed by atoms with Crippen molar-refractivity contribution >= 4 is 23.6 Å². The van der Waals surface area contributed by atoms with Crippen LogP contribution in [0.1, 0.15) is 21.5 Å². The molecule has 1 heterocycles. The summed E-state index contributed by atoms with van der Waals surface area (Å²) in [6.45, 7) is 2.07. The Morgan fingerprint density at radius 3 is 2.50 bits per heavy atom. The normalized spacial score (nSPS) is 12.4. The first-order valence-electron chi connectivity index (χ1n) is 9.44. The topological polar surface area (TPSA) is 76.7 Å².